The van der Waals surface area contributed by atoms with Gasteiger partial charge in [0.1, 0.15) is 23.7 Å². The van der Waals surface area contributed by atoms with Crippen molar-refractivity contribution < 1.29 is 28.7 Å². The van der Waals surface area contributed by atoms with Gasteiger partial charge in [0.25, 0.3) is 11.8 Å². The summed E-state index contributed by atoms with van der Waals surface area (Å²) in [6, 6.07) is 15.6. The molecule has 0 radical (unpaired) electrons. The number of rotatable bonds is 11. The Hall–Kier alpha value is -7.50. The van der Waals surface area contributed by atoms with Gasteiger partial charge in [-0.05, 0) is 36.8 Å². The third-order valence-electron chi connectivity index (χ3n) is 10.7. The smallest absolute Gasteiger partial charge is 0.407 e. The van der Waals surface area contributed by atoms with Crippen LogP contribution in [-0.2, 0) is 19.1 Å². The lowest BCUT2D eigenvalue weighted by Crippen LogP contribution is -2.42. The van der Waals surface area contributed by atoms with E-state index in [0.717, 1.165) is 12.8 Å². The molecule has 6 heterocycles. The van der Waals surface area contributed by atoms with Gasteiger partial charge in [-0.25, -0.2) is 39.5 Å². The summed E-state index contributed by atoms with van der Waals surface area (Å²) in [6.45, 7) is 1.02. The van der Waals surface area contributed by atoms with Crippen LogP contribution in [-0.4, -0.2) is 101 Å². The highest BCUT2D eigenvalue weighted by Gasteiger charge is 2.38. The largest absolute Gasteiger partial charge is 0.453 e. The fourth-order valence-corrected chi connectivity index (χ4v) is 7.65. The van der Waals surface area contributed by atoms with Crippen molar-refractivity contribution >= 4 is 24.0 Å². The van der Waals surface area contributed by atoms with Crippen molar-refractivity contribution in [2.24, 2.45) is 0 Å². The van der Waals surface area contributed by atoms with Crippen LogP contribution in [0.4, 0.5) is 9.59 Å². The lowest BCUT2D eigenvalue weighted by atomic mass is 10.1. The first-order chi connectivity index (χ1) is 29.3. The number of ether oxygens (including phenoxy) is 2. The van der Waals surface area contributed by atoms with Crippen LogP contribution in [0.15, 0.2) is 97.8 Å². The minimum absolute atomic E-state index is 0.255. The number of likely N-dealkylation sites (tertiary alicyclic amines) is 2. The molecule has 4 amide bonds. The summed E-state index contributed by atoms with van der Waals surface area (Å²) < 4.78 is 9.61. The van der Waals surface area contributed by atoms with Gasteiger partial charge in [0, 0.05) is 49.0 Å². The van der Waals surface area contributed by atoms with E-state index < -0.39 is 24.3 Å². The van der Waals surface area contributed by atoms with E-state index in [1.54, 1.807) is 71.2 Å². The monoisotopic (exact) mass is 810 g/mol. The Kier molecular flexibility index (Phi) is 11.5. The molecule has 8 rings (SSSR count). The van der Waals surface area contributed by atoms with Crippen LogP contribution in [0.1, 0.15) is 72.6 Å². The van der Waals surface area contributed by atoms with E-state index in [-0.39, 0.29) is 23.9 Å². The van der Waals surface area contributed by atoms with Crippen LogP contribution in [0, 0.1) is 0 Å². The van der Waals surface area contributed by atoms with Crippen molar-refractivity contribution in [1.29, 1.82) is 0 Å². The number of carbonyl (C=O) groups is 4. The molecule has 0 bridgehead atoms. The number of nitrogens with one attached hydrogen (secondary N) is 4. The second-order valence-electron chi connectivity index (χ2n) is 14.3. The molecular formula is C42H42N12O6. The number of imidazole rings is 2. The fourth-order valence-electron chi connectivity index (χ4n) is 7.65. The molecule has 2 aromatic carbocycles. The summed E-state index contributed by atoms with van der Waals surface area (Å²) in [5, 5.41) is 5.37. The van der Waals surface area contributed by atoms with Crippen LogP contribution in [0.5, 0.6) is 0 Å². The van der Waals surface area contributed by atoms with E-state index in [9.17, 15) is 19.2 Å². The molecule has 2 saturated heterocycles. The van der Waals surface area contributed by atoms with Gasteiger partial charge in [0.05, 0.1) is 50.1 Å². The fraction of sp³-hybridized carbons (Fsp3) is 0.286. The summed E-state index contributed by atoms with van der Waals surface area (Å²) in [7, 11) is 2.52. The number of hydrogen-bond donors (Lipinski definition) is 4. The molecule has 2 aliphatic rings. The molecule has 0 unspecified atom stereocenters. The molecular weight excluding hydrogens is 769 g/mol. The topological polar surface area (TPSA) is 226 Å². The molecule has 306 valence electrons. The summed E-state index contributed by atoms with van der Waals surface area (Å²) in [5.74, 6) is 1.36. The Labute approximate surface area is 344 Å². The number of carbonyl (C=O) groups excluding carboxylic acids is 4. The maximum Gasteiger partial charge on any atom is 0.407 e. The highest BCUT2D eigenvalue weighted by atomic mass is 16.5. The maximum atomic E-state index is 13.9. The summed E-state index contributed by atoms with van der Waals surface area (Å²) in [4.78, 5) is 89.6. The Morgan fingerprint density at radius 2 is 0.967 bits per heavy atom. The summed E-state index contributed by atoms with van der Waals surface area (Å²) >= 11 is 0. The van der Waals surface area contributed by atoms with Gasteiger partial charge in [0.15, 0.2) is 11.6 Å². The summed E-state index contributed by atoms with van der Waals surface area (Å²) in [5.41, 5.74) is 4.01. The number of hydrogen-bond acceptors (Lipinski definition) is 12. The van der Waals surface area contributed by atoms with E-state index in [1.165, 1.54) is 14.2 Å². The zero-order chi connectivity index (χ0) is 41.6. The Balaban J connectivity index is 0.928. The molecule has 0 spiro atoms. The second-order valence-corrected chi connectivity index (χ2v) is 14.3. The minimum Gasteiger partial charge on any atom is -0.453 e. The van der Waals surface area contributed by atoms with Gasteiger partial charge in [-0.15, -0.1) is 0 Å². The number of H-pyrrole nitrogens is 2. The van der Waals surface area contributed by atoms with Crippen LogP contribution in [0.2, 0.25) is 0 Å². The maximum absolute atomic E-state index is 13.9. The summed E-state index contributed by atoms with van der Waals surface area (Å²) in [6.07, 6.45) is 11.5. The Bertz CT molecular complexity index is 2270. The predicted molar refractivity (Wildman–Crippen MR) is 215 cm³/mol. The van der Waals surface area contributed by atoms with Crippen molar-refractivity contribution in [1.82, 2.24) is 60.3 Å². The van der Waals surface area contributed by atoms with Gasteiger partial charge >= 0.3 is 12.2 Å². The average molecular weight is 811 g/mol. The van der Waals surface area contributed by atoms with E-state index in [4.69, 9.17) is 9.47 Å². The molecule has 4 atom stereocenters. The SMILES string of the molecule is COC(=O)N[C@@H](C(=O)N1CCC[C@@H]1c1ncc(-c2cnc(-c3ncc(-c4cnc([C@H]5CCCN5C(=O)[C@H](NC(=O)OC)c5ccccc5)[nH]4)cn3)nc2)[nH]1)c1ccccc1. The molecule has 2 fully saturated rings. The highest BCUT2D eigenvalue weighted by molar-refractivity contribution is 5.88. The molecule has 2 aliphatic heterocycles. The first-order valence-electron chi connectivity index (χ1n) is 19.5. The molecule has 0 saturated carbocycles. The predicted octanol–water partition coefficient (Wildman–Crippen LogP) is 5.24. The zero-order valence-corrected chi connectivity index (χ0v) is 32.8. The van der Waals surface area contributed by atoms with Crippen molar-refractivity contribution in [2.45, 2.75) is 49.9 Å². The van der Waals surface area contributed by atoms with E-state index in [1.807, 2.05) is 36.4 Å². The van der Waals surface area contributed by atoms with E-state index in [2.05, 4.69) is 50.5 Å². The molecule has 60 heavy (non-hydrogen) atoms. The molecule has 4 aromatic heterocycles. The zero-order valence-electron chi connectivity index (χ0n) is 32.8. The number of aromatic amines is 2. The Morgan fingerprint density at radius 3 is 1.33 bits per heavy atom. The van der Waals surface area contributed by atoms with Gasteiger partial charge in [-0.2, -0.15) is 0 Å². The molecule has 18 nitrogen and oxygen atoms in total. The van der Waals surface area contributed by atoms with Gasteiger partial charge in [0.2, 0.25) is 0 Å². The van der Waals surface area contributed by atoms with E-state index in [0.29, 0.717) is 82.9 Å². The van der Waals surface area contributed by atoms with Crippen molar-refractivity contribution in [3.63, 3.8) is 0 Å². The van der Waals surface area contributed by atoms with Crippen LogP contribution in [0.25, 0.3) is 34.2 Å². The van der Waals surface area contributed by atoms with Crippen LogP contribution in [0.3, 0.4) is 0 Å². The molecule has 4 N–H and O–H groups in total. The first kappa shape index (κ1) is 39.3. The average Bonchev–Trinajstić information content (AvgIpc) is 4.15. The quantitative estimate of drug-likeness (QED) is 0.132. The molecule has 6 aromatic rings. The van der Waals surface area contributed by atoms with Crippen LogP contribution < -0.4 is 10.6 Å². The highest BCUT2D eigenvalue weighted by Crippen LogP contribution is 2.35. The van der Waals surface area contributed by atoms with Crippen molar-refractivity contribution in [2.75, 3.05) is 27.3 Å². The standard InChI is InChI=1S/C42H42N12O6/c1-59-41(57)51-33(25-11-5-3-6-12-25)39(55)53-17-9-15-31(53)35-47-23-29(49-35)27-19-43-37(44-20-27)38-45-21-28(22-46-38)30-24-48-36(50-30)32-16-10-18-54(32)40(56)34(52-42(58)60-2)26-13-7-4-8-14-26/h3-8,11-14,19-24,31-34H,9-10,15-18H2,1-2H3,(H,47,49)(H,48,50)(H,51,57)(H,52,58)/t31-,32-,33-,34-/m1/s1. The minimum atomic E-state index is -0.916. The van der Waals surface area contributed by atoms with Crippen molar-refractivity contribution in [3.05, 3.63) is 121 Å². The van der Waals surface area contributed by atoms with Gasteiger partial charge in [-0.3, -0.25) is 9.59 Å². The van der Waals surface area contributed by atoms with Crippen LogP contribution >= 0.6 is 0 Å². The second kappa shape index (κ2) is 17.6. The number of alkyl carbamates (subject to hydrolysis) is 2. The van der Waals surface area contributed by atoms with Crippen molar-refractivity contribution in [3.8, 4) is 34.2 Å². The lowest BCUT2D eigenvalue weighted by molar-refractivity contribution is -0.135. The lowest BCUT2D eigenvalue weighted by Gasteiger charge is -2.28. The molecule has 18 heteroatoms. The Morgan fingerprint density at radius 1 is 0.583 bits per heavy atom. The number of nitrogens with zero attached hydrogens (tertiary/aromatic N) is 8. The third-order valence-corrected chi connectivity index (χ3v) is 10.7. The van der Waals surface area contributed by atoms with Gasteiger partial charge < -0.3 is 39.9 Å². The van der Waals surface area contributed by atoms with Gasteiger partial charge in [-0.1, -0.05) is 60.7 Å². The molecule has 0 aliphatic carbocycles. The normalized spacial score (nSPS) is 17.2. The first-order valence-corrected chi connectivity index (χ1v) is 19.5. The number of methoxy groups -OCH3 is 2. The third kappa shape index (κ3) is 8.25. The number of benzene rings is 2. The number of amides is 4. The number of aromatic nitrogens is 8. The van der Waals surface area contributed by atoms with E-state index >= 15 is 0 Å².